The first kappa shape index (κ1) is 23.5. The Morgan fingerprint density at radius 1 is 1.09 bits per heavy atom. The molecule has 8 heteroatoms. The molecular weight excluding hydrogens is 430 g/mol. The van der Waals surface area contributed by atoms with Gasteiger partial charge in [-0.15, -0.1) is 0 Å². The fraction of sp³-hybridized carbons (Fsp3) is 0.346. The number of anilines is 2. The van der Waals surface area contributed by atoms with Crippen molar-refractivity contribution in [2.45, 2.75) is 20.8 Å². The van der Waals surface area contributed by atoms with Crippen molar-refractivity contribution in [2.24, 2.45) is 0 Å². The van der Waals surface area contributed by atoms with Crippen LogP contribution >= 0.6 is 0 Å². The van der Waals surface area contributed by atoms with Gasteiger partial charge in [-0.3, -0.25) is 14.6 Å². The fourth-order valence-corrected chi connectivity index (χ4v) is 4.31. The van der Waals surface area contributed by atoms with Crippen molar-refractivity contribution in [3.8, 4) is 5.69 Å². The Hall–Kier alpha value is -3.65. The van der Waals surface area contributed by atoms with Crippen LogP contribution in [-0.2, 0) is 9.53 Å². The van der Waals surface area contributed by atoms with Crippen molar-refractivity contribution in [2.75, 3.05) is 49.6 Å². The van der Waals surface area contributed by atoms with Crippen molar-refractivity contribution in [1.29, 1.82) is 0 Å². The van der Waals surface area contributed by atoms with E-state index in [2.05, 4.69) is 15.2 Å². The second-order valence-corrected chi connectivity index (χ2v) is 8.35. The number of hydrogen-bond acceptors (Lipinski definition) is 5. The Bertz CT molecular complexity index is 1140. The maximum Gasteiger partial charge on any atom is 0.256 e. The minimum Gasteiger partial charge on any atom is -0.378 e. The summed E-state index contributed by atoms with van der Waals surface area (Å²) in [6.07, 6.45) is 3.49. The average molecular weight is 462 g/mol. The summed E-state index contributed by atoms with van der Waals surface area (Å²) >= 11 is 0. The van der Waals surface area contributed by atoms with Gasteiger partial charge in [0.1, 0.15) is 6.54 Å². The van der Waals surface area contributed by atoms with Crippen LogP contribution in [-0.4, -0.2) is 65.7 Å². The Morgan fingerprint density at radius 2 is 1.82 bits per heavy atom. The summed E-state index contributed by atoms with van der Waals surface area (Å²) in [5.74, 6) is -0.390. The quantitative estimate of drug-likeness (QED) is 0.583. The molecule has 0 radical (unpaired) electrons. The van der Waals surface area contributed by atoms with Crippen molar-refractivity contribution in [3.63, 3.8) is 0 Å². The molecule has 2 amide bonds. The van der Waals surface area contributed by atoms with Crippen LogP contribution in [0.1, 0.15) is 28.7 Å². The van der Waals surface area contributed by atoms with Gasteiger partial charge in [0.2, 0.25) is 5.91 Å². The van der Waals surface area contributed by atoms with Gasteiger partial charge in [0.05, 0.1) is 30.7 Å². The van der Waals surface area contributed by atoms with Crippen LogP contribution in [0.25, 0.3) is 5.69 Å². The van der Waals surface area contributed by atoms with Crippen LogP contribution in [0.2, 0.25) is 0 Å². The molecule has 0 bridgehead atoms. The van der Waals surface area contributed by atoms with Crippen molar-refractivity contribution in [3.05, 3.63) is 71.8 Å². The zero-order chi connectivity index (χ0) is 24.1. The van der Waals surface area contributed by atoms with Gasteiger partial charge in [-0.25, -0.2) is 0 Å². The number of ether oxygens (including phenoxy) is 1. The highest BCUT2D eigenvalue weighted by Crippen LogP contribution is 2.22. The molecular formula is C26H31N5O3. The van der Waals surface area contributed by atoms with Crippen LogP contribution in [0.15, 0.2) is 54.9 Å². The van der Waals surface area contributed by atoms with E-state index in [1.54, 1.807) is 17.3 Å². The summed E-state index contributed by atoms with van der Waals surface area (Å²) in [7, 11) is 0. The van der Waals surface area contributed by atoms with Gasteiger partial charge in [0.25, 0.3) is 5.91 Å². The van der Waals surface area contributed by atoms with E-state index in [1.165, 1.54) is 0 Å². The first-order valence-electron chi connectivity index (χ1n) is 11.6. The molecule has 1 N–H and O–H groups in total. The number of aromatic nitrogens is 2. The van der Waals surface area contributed by atoms with Crippen LogP contribution < -0.4 is 10.2 Å². The molecule has 0 unspecified atom stereocenters. The molecule has 1 fully saturated rings. The Labute approximate surface area is 200 Å². The van der Waals surface area contributed by atoms with E-state index in [1.807, 2.05) is 67.8 Å². The Balaban J connectivity index is 1.42. The van der Waals surface area contributed by atoms with Gasteiger partial charge in [-0.1, -0.05) is 0 Å². The van der Waals surface area contributed by atoms with Gasteiger partial charge in [0.15, 0.2) is 0 Å². The summed E-state index contributed by atoms with van der Waals surface area (Å²) < 4.78 is 7.40. The SMILES string of the molecule is CCN(CC(=O)Nc1ccc(N2CCOCC2)cc1)C(=O)c1cc(C)n(-c2cccnc2)c1C. The molecule has 1 aromatic carbocycles. The fourth-order valence-electron chi connectivity index (χ4n) is 4.31. The van der Waals surface area contributed by atoms with E-state index < -0.39 is 0 Å². The summed E-state index contributed by atoms with van der Waals surface area (Å²) in [6, 6.07) is 13.5. The van der Waals surface area contributed by atoms with Crippen molar-refractivity contribution < 1.29 is 14.3 Å². The summed E-state index contributed by atoms with van der Waals surface area (Å²) in [5.41, 5.74) is 5.07. The van der Waals surface area contributed by atoms with E-state index in [4.69, 9.17) is 4.74 Å². The van der Waals surface area contributed by atoms with Gasteiger partial charge in [-0.2, -0.15) is 0 Å². The highest BCUT2D eigenvalue weighted by atomic mass is 16.5. The first-order chi connectivity index (χ1) is 16.5. The van der Waals surface area contributed by atoms with Crippen LogP contribution in [0.3, 0.4) is 0 Å². The normalized spacial score (nSPS) is 13.6. The molecule has 178 valence electrons. The number of aryl methyl sites for hydroxylation is 1. The van der Waals surface area contributed by atoms with E-state index in [0.29, 0.717) is 17.8 Å². The first-order valence-corrected chi connectivity index (χ1v) is 11.6. The number of rotatable bonds is 7. The van der Waals surface area contributed by atoms with Crippen LogP contribution in [0.5, 0.6) is 0 Å². The smallest absolute Gasteiger partial charge is 0.256 e. The second-order valence-electron chi connectivity index (χ2n) is 8.35. The molecule has 1 saturated heterocycles. The van der Waals surface area contributed by atoms with Gasteiger partial charge >= 0.3 is 0 Å². The monoisotopic (exact) mass is 461 g/mol. The third-order valence-corrected chi connectivity index (χ3v) is 6.10. The average Bonchev–Trinajstić information content (AvgIpc) is 3.17. The molecule has 3 aromatic rings. The summed E-state index contributed by atoms with van der Waals surface area (Å²) in [6.45, 7) is 9.34. The van der Waals surface area contributed by atoms with Crippen LogP contribution in [0, 0.1) is 13.8 Å². The van der Waals surface area contributed by atoms with Gasteiger partial charge < -0.3 is 24.4 Å². The van der Waals surface area contributed by atoms with E-state index in [0.717, 1.165) is 49.1 Å². The van der Waals surface area contributed by atoms with E-state index in [-0.39, 0.29) is 18.4 Å². The Morgan fingerprint density at radius 3 is 2.47 bits per heavy atom. The second kappa shape index (κ2) is 10.5. The molecule has 4 rings (SSSR count). The summed E-state index contributed by atoms with van der Waals surface area (Å²) in [5, 5.41) is 2.91. The third kappa shape index (κ3) is 5.12. The Kier molecular flexibility index (Phi) is 7.27. The number of hydrogen-bond donors (Lipinski definition) is 1. The number of morpholine rings is 1. The lowest BCUT2D eigenvalue weighted by atomic mass is 10.2. The lowest BCUT2D eigenvalue weighted by Crippen LogP contribution is -2.38. The van der Waals surface area contributed by atoms with Gasteiger partial charge in [0, 0.05) is 48.6 Å². The van der Waals surface area contributed by atoms with E-state index >= 15 is 0 Å². The molecule has 0 atom stereocenters. The zero-order valence-corrected chi connectivity index (χ0v) is 20.0. The third-order valence-electron chi connectivity index (χ3n) is 6.10. The number of carbonyl (C=O) groups excluding carboxylic acids is 2. The van der Waals surface area contributed by atoms with Crippen molar-refractivity contribution in [1.82, 2.24) is 14.5 Å². The largest absolute Gasteiger partial charge is 0.378 e. The number of likely N-dealkylation sites (N-methyl/N-ethyl adjacent to an activating group) is 1. The molecule has 0 saturated carbocycles. The van der Waals surface area contributed by atoms with Crippen molar-refractivity contribution >= 4 is 23.2 Å². The molecule has 1 aliphatic rings. The maximum atomic E-state index is 13.3. The molecule has 1 aliphatic heterocycles. The molecule has 3 heterocycles. The zero-order valence-electron chi connectivity index (χ0n) is 20.0. The minimum atomic E-state index is -0.226. The van der Waals surface area contributed by atoms with E-state index in [9.17, 15) is 9.59 Å². The topological polar surface area (TPSA) is 79.7 Å². The number of carbonyl (C=O) groups is 2. The maximum absolute atomic E-state index is 13.3. The van der Waals surface area contributed by atoms with Crippen LogP contribution in [0.4, 0.5) is 11.4 Å². The predicted octanol–water partition coefficient (Wildman–Crippen LogP) is 3.43. The number of nitrogens with one attached hydrogen (secondary N) is 1. The molecule has 0 aliphatic carbocycles. The highest BCUT2D eigenvalue weighted by molar-refractivity contribution is 6.00. The lowest BCUT2D eigenvalue weighted by Gasteiger charge is -2.29. The predicted molar refractivity (Wildman–Crippen MR) is 133 cm³/mol. The lowest BCUT2D eigenvalue weighted by molar-refractivity contribution is -0.116. The summed E-state index contributed by atoms with van der Waals surface area (Å²) in [4.78, 5) is 34.0. The number of pyridine rings is 1. The molecule has 0 spiro atoms. The number of amides is 2. The minimum absolute atomic E-state index is 0.0168. The number of nitrogens with zero attached hydrogens (tertiary/aromatic N) is 4. The van der Waals surface area contributed by atoms with Gasteiger partial charge in [-0.05, 0) is 63.2 Å². The number of benzene rings is 1. The molecule has 8 nitrogen and oxygen atoms in total. The highest BCUT2D eigenvalue weighted by Gasteiger charge is 2.23. The standard InChI is InChI=1S/C26H31N5O3/c1-4-29(26(33)24-16-19(2)31(20(24)3)23-6-5-11-27-17-23)18-25(32)28-21-7-9-22(10-8-21)30-12-14-34-15-13-30/h5-11,16-17H,4,12-15,18H2,1-3H3,(H,28,32). The molecule has 2 aromatic heterocycles. The molecule has 34 heavy (non-hydrogen) atoms.